The molecule has 6 aromatic rings. The predicted molar refractivity (Wildman–Crippen MR) is 168 cm³/mol. The third-order valence-corrected chi connectivity index (χ3v) is 8.54. The second kappa shape index (κ2) is 10.1. The van der Waals surface area contributed by atoms with Gasteiger partial charge in [-0.1, -0.05) is 115 Å². The molecule has 38 heavy (non-hydrogen) atoms. The van der Waals surface area contributed by atoms with E-state index in [1.54, 1.807) is 0 Å². The maximum Gasteiger partial charge on any atom is 0.0289 e. The quantitative estimate of drug-likeness (QED) is 0.204. The van der Waals surface area contributed by atoms with Gasteiger partial charge < -0.3 is 0 Å². The molecule has 0 atom stereocenters. The highest BCUT2D eigenvalue weighted by molar-refractivity contribution is 9.10. The lowest BCUT2D eigenvalue weighted by Crippen LogP contribution is -1.95. The first-order valence-corrected chi connectivity index (χ1v) is 13.9. The monoisotopic (exact) mass is 552 g/mol. The van der Waals surface area contributed by atoms with Gasteiger partial charge in [0.15, 0.2) is 0 Å². The van der Waals surface area contributed by atoms with E-state index in [0.717, 1.165) is 0 Å². The van der Waals surface area contributed by atoms with Crippen LogP contribution in [0, 0.1) is 20.8 Å². The molecule has 0 fully saturated rings. The molecule has 0 radical (unpaired) electrons. The van der Waals surface area contributed by atoms with Crippen molar-refractivity contribution >= 4 is 26.7 Å². The number of hydrogen-bond donors (Lipinski definition) is 0. The second-order valence-corrected chi connectivity index (χ2v) is 10.8. The van der Waals surface area contributed by atoms with Crippen molar-refractivity contribution in [3.8, 4) is 44.5 Å². The Kier molecular flexibility index (Phi) is 6.47. The van der Waals surface area contributed by atoms with E-state index in [4.69, 9.17) is 0 Å². The fourth-order valence-corrected chi connectivity index (χ4v) is 6.23. The molecule has 0 aromatic heterocycles. The highest BCUT2D eigenvalue weighted by atomic mass is 79.9. The second-order valence-electron chi connectivity index (χ2n) is 10.0. The van der Waals surface area contributed by atoms with Crippen LogP contribution >= 0.6 is 15.9 Å². The largest absolute Gasteiger partial charge is 0.0622 e. The van der Waals surface area contributed by atoms with Gasteiger partial charge >= 0.3 is 0 Å². The lowest BCUT2D eigenvalue weighted by Gasteiger charge is -2.20. The summed E-state index contributed by atoms with van der Waals surface area (Å²) < 4.78 is 1.17. The predicted octanol–water partition coefficient (Wildman–Crippen LogP) is 11.2. The van der Waals surface area contributed by atoms with Gasteiger partial charge in [0.25, 0.3) is 0 Å². The van der Waals surface area contributed by atoms with E-state index >= 15 is 0 Å². The Hall–Kier alpha value is -3.94. The Balaban J connectivity index is 1.70. The van der Waals surface area contributed by atoms with Gasteiger partial charge in [-0.3, -0.25) is 0 Å². The van der Waals surface area contributed by atoms with Crippen molar-refractivity contribution in [3.63, 3.8) is 0 Å². The molecule has 0 aliphatic heterocycles. The molecule has 0 aliphatic carbocycles. The van der Waals surface area contributed by atoms with Crippen LogP contribution in [0.15, 0.2) is 126 Å². The maximum atomic E-state index is 3.99. The van der Waals surface area contributed by atoms with Gasteiger partial charge in [-0.15, -0.1) is 0 Å². The summed E-state index contributed by atoms with van der Waals surface area (Å²) in [5, 5.41) is 2.52. The summed E-state index contributed by atoms with van der Waals surface area (Å²) in [5.74, 6) is 0. The van der Waals surface area contributed by atoms with Crippen LogP contribution in [-0.2, 0) is 0 Å². The molecule has 184 valence electrons. The van der Waals surface area contributed by atoms with Crippen molar-refractivity contribution in [1.29, 1.82) is 0 Å². The minimum Gasteiger partial charge on any atom is -0.0622 e. The number of fused-ring (bicyclic) bond motifs is 1. The van der Waals surface area contributed by atoms with Crippen molar-refractivity contribution < 1.29 is 0 Å². The Morgan fingerprint density at radius 2 is 0.974 bits per heavy atom. The average molecular weight is 554 g/mol. The Bertz CT molecular complexity index is 1700. The highest BCUT2D eigenvalue weighted by Crippen LogP contribution is 2.45. The standard InChI is InChI=1S/C37H29Br/c1-24-12-10-13-25(2)34(24)36-33-23-30(21-20-29(33)22-26(3)37(36)38)35-31(27-14-6-4-7-15-27)18-11-19-32(35)28-16-8-5-9-17-28/h4-23H,1-3H3. The summed E-state index contributed by atoms with van der Waals surface area (Å²) in [4.78, 5) is 0. The van der Waals surface area contributed by atoms with Gasteiger partial charge in [-0.05, 0) is 109 Å². The zero-order valence-corrected chi connectivity index (χ0v) is 23.5. The van der Waals surface area contributed by atoms with Gasteiger partial charge in [0.1, 0.15) is 0 Å². The van der Waals surface area contributed by atoms with Crippen molar-refractivity contribution in [1.82, 2.24) is 0 Å². The van der Waals surface area contributed by atoms with Gasteiger partial charge in [-0.25, -0.2) is 0 Å². The van der Waals surface area contributed by atoms with E-state index in [0.29, 0.717) is 0 Å². The molecule has 0 N–H and O–H groups in total. The molecule has 0 saturated heterocycles. The SMILES string of the molecule is Cc1cc2ccc(-c3c(-c4ccccc4)cccc3-c3ccccc3)cc2c(-c2c(C)cccc2C)c1Br. The maximum absolute atomic E-state index is 3.99. The smallest absolute Gasteiger partial charge is 0.0289 e. The molecule has 1 heteroatoms. The molecule has 0 heterocycles. The molecule has 0 bridgehead atoms. The van der Waals surface area contributed by atoms with E-state index in [1.807, 2.05) is 0 Å². The van der Waals surface area contributed by atoms with Gasteiger partial charge in [0, 0.05) is 10.0 Å². The summed E-state index contributed by atoms with van der Waals surface area (Å²) in [6.07, 6.45) is 0. The van der Waals surface area contributed by atoms with Gasteiger partial charge in [0.05, 0.1) is 0 Å². The van der Waals surface area contributed by atoms with Crippen LogP contribution in [0.25, 0.3) is 55.3 Å². The minimum absolute atomic E-state index is 1.17. The van der Waals surface area contributed by atoms with Crippen LogP contribution in [0.5, 0.6) is 0 Å². The van der Waals surface area contributed by atoms with E-state index in [1.165, 1.54) is 76.4 Å². The molecule has 0 spiro atoms. The topological polar surface area (TPSA) is 0 Å². The van der Waals surface area contributed by atoms with Crippen molar-refractivity contribution in [3.05, 3.63) is 142 Å². The fraction of sp³-hybridized carbons (Fsp3) is 0.0811. The third kappa shape index (κ3) is 4.27. The summed E-state index contributed by atoms with van der Waals surface area (Å²) in [6.45, 7) is 6.61. The Morgan fingerprint density at radius 3 is 1.55 bits per heavy atom. The number of hydrogen-bond acceptors (Lipinski definition) is 0. The van der Waals surface area contributed by atoms with Crippen molar-refractivity contribution in [2.75, 3.05) is 0 Å². The van der Waals surface area contributed by atoms with Crippen LogP contribution in [0.4, 0.5) is 0 Å². The van der Waals surface area contributed by atoms with Crippen LogP contribution < -0.4 is 0 Å². The van der Waals surface area contributed by atoms with E-state index in [2.05, 4.69) is 158 Å². The lowest BCUT2D eigenvalue weighted by atomic mass is 9.85. The molecule has 6 rings (SSSR count). The average Bonchev–Trinajstić information content (AvgIpc) is 2.95. The molecular weight excluding hydrogens is 524 g/mol. The normalized spacial score (nSPS) is 11.2. The third-order valence-electron chi connectivity index (χ3n) is 7.51. The van der Waals surface area contributed by atoms with Crippen molar-refractivity contribution in [2.45, 2.75) is 20.8 Å². The van der Waals surface area contributed by atoms with Crippen LogP contribution in [0.3, 0.4) is 0 Å². The summed E-state index contributed by atoms with van der Waals surface area (Å²) in [6, 6.07) is 44.0. The summed E-state index contributed by atoms with van der Waals surface area (Å²) in [7, 11) is 0. The van der Waals surface area contributed by atoms with Gasteiger partial charge in [-0.2, -0.15) is 0 Å². The minimum atomic E-state index is 1.17. The van der Waals surface area contributed by atoms with E-state index < -0.39 is 0 Å². The molecule has 0 aliphatic rings. The number of rotatable bonds is 4. The Morgan fingerprint density at radius 1 is 0.421 bits per heavy atom. The van der Waals surface area contributed by atoms with Gasteiger partial charge in [0.2, 0.25) is 0 Å². The van der Waals surface area contributed by atoms with Crippen molar-refractivity contribution in [2.24, 2.45) is 0 Å². The molecule has 6 aromatic carbocycles. The summed E-state index contributed by atoms with van der Waals surface area (Å²) in [5.41, 5.74) is 13.8. The number of aryl methyl sites for hydroxylation is 3. The number of halogens is 1. The molecular formula is C37H29Br. The molecule has 0 saturated carbocycles. The number of benzene rings is 6. The first-order chi connectivity index (χ1) is 18.5. The summed E-state index contributed by atoms with van der Waals surface area (Å²) >= 11 is 3.99. The van der Waals surface area contributed by atoms with Crippen LogP contribution in [0.2, 0.25) is 0 Å². The first kappa shape index (κ1) is 24.4. The van der Waals surface area contributed by atoms with E-state index in [9.17, 15) is 0 Å². The van der Waals surface area contributed by atoms with Crippen LogP contribution in [-0.4, -0.2) is 0 Å². The lowest BCUT2D eigenvalue weighted by molar-refractivity contribution is 1.37. The molecule has 0 nitrogen and oxygen atoms in total. The molecule has 0 unspecified atom stereocenters. The van der Waals surface area contributed by atoms with E-state index in [-0.39, 0.29) is 0 Å². The highest BCUT2D eigenvalue weighted by Gasteiger charge is 2.18. The zero-order valence-electron chi connectivity index (χ0n) is 21.9. The Labute approximate surface area is 233 Å². The first-order valence-electron chi connectivity index (χ1n) is 13.1. The zero-order chi connectivity index (χ0) is 26.2. The fourth-order valence-electron chi connectivity index (χ4n) is 5.70. The van der Waals surface area contributed by atoms with Crippen LogP contribution in [0.1, 0.15) is 16.7 Å². The molecule has 0 amide bonds.